The number of carbonyl (C=O) groups excluding carboxylic acids is 2. The molecule has 1 heterocycles. The third-order valence-corrected chi connectivity index (χ3v) is 5.49. The van der Waals surface area contributed by atoms with Crippen LogP contribution in [0.2, 0.25) is 0 Å². The van der Waals surface area contributed by atoms with E-state index in [2.05, 4.69) is 15.5 Å². The molecule has 3 aromatic rings. The zero-order valence-electron chi connectivity index (χ0n) is 17.8. The summed E-state index contributed by atoms with van der Waals surface area (Å²) in [6.07, 6.45) is -0.345. The highest BCUT2D eigenvalue weighted by atomic mass is 32.2. The SMILES string of the molecule is COc1cccc(OC(C)c2nnc(SCC(=O)Nc3cccc(C(C)=O)c3)n2C)c1. The van der Waals surface area contributed by atoms with E-state index in [9.17, 15) is 9.59 Å². The Morgan fingerprint density at radius 2 is 1.87 bits per heavy atom. The zero-order chi connectivity index (χ0) is 22.4. The Labute approximate surface area is 185 Å². The maximum absolute atomic E-state index is 12.3. The average Bonchev–Trinajstić information content (AvgIpc) is 3.13. The van der Waals surface area contributed by atoms with E-state index in [1.54, 1.807) is 42.0 Å². The van der Waals surface area contributed by atoms with Crippen LogP contribution in [-0.4, -0.2) is 39.3 Å². The van der Waals surface area contributed by atoms with Gasteiger partial charge in [-0.1, -0.05) is 30.0 Å². The molecule has 0 saturated carbocycles. The Morgan fingerprint density at radius 3 is 2.61 bits per heavy atom. The number of nitrogens with one attached hydrogen (secondary N) is 1. The lowest BCUT2D eigenvalue weighted by molar-refractivity contribution is -0.113. The van der Waals surface area contributed by atoms with Gasteiger partial charge >= 0.3 is 0 Å². The number of nitrogens with zero attached hydrogens (tertiary/aromatic N) is 3. The molecule has 0 radical (unpaired) electrons. The summed E-state index contributed by atoms with van der Waals surface area (Å²) in [7, 11) is 3.43. The number of methoxy groups -OCH3 is 1. The lowest BCUT2D eigenvalue weighted by Gasteiger charge is -2.14. The number of Topliss-reactive ketones (excluding diaryl/α,β-unsaturated/α-hetero) is 1. The quantitative estimate of drug-likeness (QED) is 0.398. The van der Waals surface area contributed by atoms with E-state index in [4.69, 9.17) is 9.47 Å². The van der Waals surface area contributed by atoms with Crippen LogP contribution in [0.3, 0.4) is 0 Å². The van der Waals surface area contributed by atoms with Gasteiger partial charge in [0, 0.05) is 24.4 Å². The normalized spacial score (nSPS) is 11.6. The molecular formula is C22H24N4O4S. The van der Waals surface area contributed by atoms with E-state index in [0.717, 1.165) is 0 Å². The molecule has 1 aromatic heterocycles. The fourth-order valence-corrected chi connectivity index (χ4v) is 3.60. The summed E-state index contributed by atoms with van der Waals surface area (Å²) < 4.78 is 13.0. The molecule has 8 nitrogen and oxygen atoms in total. The van der Waals surface area contributed by atoms with E-state index in [1.165, 1.54) is 18.7 Å². The molecule has 0 bridgehead atoms. The van der Waals surface area contributed by atoms with E-state index in [0.29, 0.717) is 33.7 Å². The van der Waals surface area contributed by atoms with Crippen molar-refractivity contribution in [2.24, 2.45) is 7.05 Å². The van der Waals surface area contributed by atoms with Crippen LogP contribution in [-0.2, 0) is 11.8 Å². The Morgan fingerprint density at radius 1 is 1.13 bits per heavy atom. The van der Waals surface area contributed by atoms with Gasteiger partial charge in [0.25, 0.3) is 0 Å². The van der Waals surface area contributed by atoms with Crippen LogP contribution in [0.1, 0.15) is 36.1 Å². The smallest absolute Gasteiger partial charge is 0.234 e. The fraction of sp³-hybridized carbons (Fsp3) is 0.273. The second kappa shape index (κ2) is 10.1. The molecule has 31 heavy (non-hydrogen) atoms. The summed E-state index contributed by atoms with van der Waals surface area (Å²) in [5.74, 6) is 1.91. The van der Waals surface area contributed by atoms with Crippen molar-refractivity contribution in [3.05, 3.63) is 59.9 Å². The Kier molecular flexibility index (Phi) is 7.30. The van der Waals surface area contributed by atoms with Crippen molar-refractivity contribution in [2.75, 3.05) is 18.2 Å². The summed E-state index contributed by atoms with van der Waals surface area (Å²) in [6, 6.07) is 14.2. The highest BCUT2D eigenvalue weighted by molar-refractivity contribution is 7.99. The average molecular weight is 441 g/mol. The van der Waals surface area contributed by atoms with Gasteiger partial charge in [-0.3, -0.25) is 9.59 Å². The zero-order valence-corrected chi connectivity index (χ0v) is 18.6. The van der Waals surface area contributed by atoms with Gasteiger partial charge < -0.3 is 19.4 Å². The molecule has 162 valence electrons. The number of benzene rings is 2. The van der Waals surface area contributed by atoms with Crippen molar-refractivity contribution in [3.8, 4) is 11.5 Å². The summed E-state index contributed by atoms with van der Waals surface area (Å²) in [5, 5.41) is 11.8. The second-order valence-corrected chi connectivity index (χ2v) is 7.76. The van der Waals surface area contributed by atoms with Gasteiger partial charge in [-0.25, -0.2) is 0 Å². The molecular weight excluding hydrogens is 416 g/mol. The van der Waals surface area contributed by atoms with Gasteiger partial charge in [-0.15, -0.1) is 10.2 Å². The molecule has 2 aromatic carbocycles. The van der Waals surface area contributed by atoms with E-state index < -0.39 is 0 Å². The molecule has 9 heteroatoms. The Balaban J connectivity index is 1.59. The minimum atomic E-state index is -0.345. The fourth-order valence-electron chi connectivity index (χ4n) is 2.88. The first-order chi connectivity index (χ1) is 14.9. The van der Waals surface area contributed by atoms with Crippen LogP contribution in [0.4, 0.5) is 5.69 Å². The van der Waals surface area contributed by atoms with Crippen molar-refractivity contribution < 1.29 is 19.1 Å². The number of amides is 1. The molecule has 0 saturated heterocycles. The summed E-state index contributed by atoms with van der Waals surface area (Å²) in [4.78, 5) is 23.8. The molecule has 1 amide bonds. The number of hydrogen-bond donors (Lipinski definition) is 1. The first-order valence-corrected chi connectivity index (χ1v) is 10.6. The van der Waals surface area contributed by atoms with Crippen molar-refractivity contribution in [2.45, 2.75) is 25.1 Å². The third kappa shape index (κ3) is 5.85. The number of aromatic nitrogens is 3. The van der Waals surface area contributed by atoms with Gasteiger partial charge in [0.05, 0.1) is 12.9 Å². The molecule has 1 atom stereocenters. The number of hydrogen-bond acceptors (Lipinski definition) is 7. The van der Waals surface area contributed by atoms with Gasteiger partial charge in [0.15, 0.2) is 22.9 Å². The minimum absolute atomic E-state index is 0.0534. The predicted molar refractivity (Wildman–Crippen MR) is 119 cm³/mol. The summed E-state index contributed by atoms with van der Waals surface area (Å²) in [5.41, 5.74) is 1.13. The molecule has 1 N–H and O–H groups in total. The van der Waals surface area contributed by atoms with E-state index in [-0.39, 0.29) is 23.5 Å². The largest absolute Gasteiger partial charge is 0.497 e. The maximum Gasteiger partial charge on any atom is 0.234 e. The van der Waals surface area contributed by atoms with E-state index in [1.807, 2.05) is 32.2 Å². The van der Waals surface area contributed by atoms with Crippen LogP contribution >= 0.6 is 11.8 Å². The topological polar surface area (TPSA) is 95.3 Å². The number of rotatable bonds is 9. The minimum Gasteiger partial charge on any atom is -0.497 e. The lowest BCUT2D eigenvalue weighted by atomic mass is 10.1. The third-order valence-electron chi connectivity index (χ3n) is 4.47. The van der Waals surface area contributed by atoms with Crippen molar-refractivity contribution in [1.82, 2.24) is 14.8 Å². The van der Waals surface area contributed by atoms with Crippen LogP contribution in [0.25, 0.3) is 0 Å². The van der Waals surface area contributed by atoms with Crippen molar-refractivity contribution in [3.63, 3.8) is 0 Å². The molecule has 0 aliphatic rings. The number of carbonyl (C=O) groups is 2. The second-order valence-electron chi connectivity index (χ2n) is 6.81. The number of ether oxygens (including phenoxy) is 2. The van der Waals surface area contributed by atoms with Gasteiger partial charge in [-0.05, 0) is 38.1 Å². The molecule has 1 unspecified atom stereocenters. The van der Waals surface area contributed by atoms with Crippen LogP contribution in [0.5, 0.6) is 11.5 Å². The molecule has 3 rings (SSSR count). The molecule has 0 spiro atoms. The van der Waals surface area contributed by atoms with Crippen molar-refractivity contribution >= 4 is 29.1 Å². The predicted octanol–water partition coefficient (Wildman–Crippen LogP) is 3.90. The summed E-state index contributed by atoms with van der Waals surface area (Å²) in [6.45, 7) is 3.37. The number of thioether (sulfide) groups is 1. The molecule has 0 aliphatic heterocycles. The Bertz CT molecular complexity index is 1080. The first-order valence-electron chi connectivity index (χ1n) is 9.61. The monoisotopic (exact) mass is 440 g/mol. The first kappa shape index (κ1) is 22.4. The Hall–Kier alpha value is -3.33. The number of anilines is 1. The summed E-state index contributed by atoms with van der Waals surface area (Å²) >= 11 is 1.27. The standard InChI is InChI=1S/C22H24N4O4S/c1-14(27)16-7-5-8-17(11-16)23-20(28)13-31-22-25-24-21(26(22)3)15(2)30-19-10-6-9-18(12-19)29-4/h5-12,15H,13H2,1-4H3,(H,23,28). The van der Waals surface area contributed by atoms with E-state index >= 15 is 0 Å². The van der Waals surface area contributed by atoms with Crippen LogP contribution in [0, 0.1) is 0 Å². The highest BCUT2D eigenvalue weighted by Gasteiger charge is 2.18. The molecule has 0 fully saturated rings. The van der Waals surface area contributed by atoms with Gasteiger partial charge in [0.1, 0.15) is 11.5 Å². The van der Waals surface area contributed by atoms with Crippen molar-refractivity contribution in [1.29, 1.82) is 0 Å². The highest BCUT2D eigenvalue weighted by Crippen LogP contribution is 2.26. The lowest BCUT2D eigenvalue weighted by Crippen LogP contribution is -2.15. The molecule has 0 aliphatic carbocycles. The van der Waals surface area contributed by atoms with Gasteiger partial charge in [-0.2, -0.15) is 0 Å². The van der Waals surface area contributed by atoms with Crippen LogP contribution < -0.4 is 14.8 Å². The van der Waals surface area contributed by atoms with Crippen LogP contribution in [0.15, 0.2) is 53.7 Å². The number of ketones is 1. The maximum atomic E-state index is 12.3. The van der Waals surface area contributed by atoms with Gasteiger partial charge in [0.2, 0.25) is 5.91 Å².